The predicted octanol–water partition coefficient (Wildman–Crippen LogP) is 4.55. The minimum Gasteiger partial charge on any atom is -0.497 e. The summed E-state index contributed by atoms with van der Waals surface area (Å²) in [5.74, 6) is 2.40. The van der Waals surface area contributed by atoms with Gasteiger partial charge < -0.3 is 19.7 Å². The van der Waals surface area contributed by atoms with Gasteiger partial charge in [-0.2, -0.15) is 0 Å². The second-order valence-electron chi connectivity index (χ2n) is 6.01. The van der Waals surface area contributed by atoms with E-state index in [9.17, 15) is 4.79 Å². The van der Waals surface area contributed by atoms with E-state index in [0.717, 1.165) is 34.9 Å². The van der Waals surface area contributed by atoms with Gasteiger partial charge in [-0.05, 0) is 42.3 Å². The maximum Gasteiger partial charge on any atom is 0.323 e. The quantitative estimate of drug-likeness (QED) is 0.837. The van der Waals surface area contributed by atoms with Gasteiger partial charge in [-0.25, -0.2) is 4.79 Å². The van der Waals surface area contributed by atoms with Crippen LogP contribution in [0.4, 0.5) is 10.5 Å². The molecule has 1 heterocycles. The van der Waals surface area contributed by atoms with E-state index in [1.807, 2.05) is 41.3 Å². The van der Waals surface area contributed by atoms with E-state index in [4.69, 9.17) is 9.47 Å². The summed E-state index contributed by atoms with van der Waals surface area (Å²) < 4.78 is 10.9. The Hall–Kier alpha value is -2.34. The maximum atomic E-state index is 12.9. The highest BCUT2D eigenvalue weighted by atomic mass is 32.2. The molecule has 3 rings (SSSR count). The average molecular weight is 372 g/mol. The molecule has 1 N–H and O–H groups in total. The Morgan fingerprint density at radius 2 is 2.08 bits per heavy atom. The van der Waals surface area contributed by atoms with Crippen molar-refractivity contribution < 1.29 is 14.3 Å². The average Bonchev–Trinajstić information content (AvgIpc) is 3.17. The van der Waals surface area contributed by atoms with E-state index in [2.05, 4.69) is 18.3 Å². The molecule has 1 aliphatic heterocycles. The first-order valence-electron chi connectivity index (χ1n) is 8.66. The molecule has 1 fully saturated rings. The van der Waals surface area contributed by atoms with E-state index >= 15 is 0 Å². The molecule has 1 aliphatic rings. The van der Waals surface area contributed by atoms with E-state index < -0.39 is 0 Å². The van der Waals surface area contributed by atoms with Gasteiger partial charge in [0, 0.05) is 23.5 Å². The first-order chi connectivity index (χ1) is 12.7. The molecule has 6 heteroatoms. The number of amides is 2. The van der Waals surface area contributed by atoms with Gasteiger partial charge in [-0.3, -0.25) is 0 Å². The van der Waals surface area contributed by atoms with Crippen LogP contribution in [0.1, 0.15) is 23.4 Å². The molecule has 1 saturated heterocycles. The molecule has 0 saturated carbocycles. The van der Waals surface area contributed by atoms with Crippen LogP contribution in [0, 0.1) is 0 Å². The fourth-order valence-electron chi connectivity index (χ4n) is 3.03. The number of hydrogen-bond acceptors (Lipinski definition) is 4. The van der Waals surface area contributed by atoms with E-state index in [0.29, 0.717) is 6.54 Å². The standard InChI is InChI=1S/C20H24N2O3S/c1-4-14-6-5-7-15(12-14)21-20(23)22-10-11-26-19(22)17-13-16(24-2)8-9-18(17)25-3/h5-9,12-13,19H,4,10-11H2,1-3H3,(H,21,23)/t19-/m1/s1. The molecule has 0 bridgehead atoms. The molecular weight excluding hydrogens is 348 g/mol. The van der Waals surface area contributed by atoms with Crippen molar-refractivity contribution in [3.05, 3.63) is 53.6 Å². The van der Waals surface area contributed by atoms with E-state index in [1.165, 1.54) is 5.56 Å². The van der Waals surface area contributed by atoms with Crippen LogP contribution in [0.25, 0.3) is 0 Å². The smallest absolute Gasteiger partial charge is 0.323 e. The fraction of sp³-hybridized carbons (Fsp3) is 0.350. The number of thioether (sulfide) groups is 1. The second-order valence-corrected chi connectivity index (χ2v) is 7.20. The minimum atomic E-state index is -0.102. The maximum absolute atomic E-state index is 12.9. The molecule has 2 aromatic carbocycles. The zero-order valence-corrected chi connectivity index (χ0v) is 16.1. The molecule has 0 aliphatic carbocycles. The molecule has 0 radical (unpaired) electrons. The van der Waals surface area contributed by atoms with Crippen LogP contribution in [-0.2, 0) is 6.42 Å². The van der Waals surface area contributed by atoms with Gasteiger partial charge in [0.2, 0.25) is 0 Å². The molecule has 5 nitrogen and oxygen atoms in total. The van der Waals surface area contributed by atoms with Gasteiger partial charge in [0.15, 0.2) is 0 Å². The number of benzene rings is 2. The summed E-state index contributed by atoms with van der Waals surface area (Å²) in [6, 6.07) is 13.6. The van der Waals surface area contributed by atoms with Crippen molar-refractivity contribution in [2.24, 2.45) is 0 Å². The number of carbonyl (C=O) groups excluding carboxylic acids is 1. The van der Waals surface area contributed by atoms with Crippen molar-refractivity contribution in [1.82, 2.24) is 4.90 Å². The zero-order chi connectivity index (χ0) is 18.5. The topological polar surface area (TPSA) is 50.8 Å². The van der Waals surface area contributed by atoms with Crippen LogP contribution < -0.4 is 14.8 Å². The number of ether oxygens (including phenoxy) is 2. The van der Waals surface area contributed by atoms with E-state index in [-0.39, 0.29) is 11.4 Å². The highest BCUT2D eigenvalue weighted by molar-refractivity contribution is 7.99. The molecule has 0 unspecified atom stereocenters. The largest absolute Gasteiger partial charge is 0.497 e. The van der Waals surface area contributed by atoms with Gasteiger partial charge in [-0.1, -0.05) is 19.1 Å². The number of anilines is 1. The Kier molecular flexibility index (Phi) is 5.93. The van der Waals surface area contributed by atoms with Crippen molar-refractivity contribution in [3.63, 3.8) is 0 Å². The summed E-state index contributed by atoms with van der Waals surface area (Å²) in [6.45, 7) is 2.79. The fourth-order valence-corrected chi connectivity index (χ4v) is 4.30. The lowest BCUT2D eigenvalue weighted by molar-refractivity contribution is 0.213. The lowest BCUT2D eigenvalue weighted by atomic mass is 10.1. The summed E-state index contributed by atoms with van der Waals surface area (Å²) in [4.78, 5) is 14.7. The Bertz CT molecular complexity index is 781. The summed E-state index contributed by atoms with van der Waals surface area (Å²) in [7, 11) is 3.28. The van der Waals surface area contributed by atoms with E-state index in [1.54, 1.807) is 26.0 Å². The Balaban J connectivity index is 1.82. The Morgan fingerprint density at radius 1 is 1.23 bits per heavy atom. The first kappa shape index (κ1) is 18.5. The van der Waals surface area contributed by atoms with Crippen LogP contribution in [0.2, 0.25) is 0 Å². The molecule has 0 aromatic heterocycles. The van der Waals surface area contributed by atoms with Crippen LogP contribution in [0.5, 0.6) is 11.5 Å². The van der Waals surface area contributed by atoms with Crippen molar-refractivity contribution in [1.29, 1.82) is 0 Å². The molecule has 26 heavy (non-hydrogen) atoms. The zero-order valence-electron chi connectivity index (χ0n) is 15.3. The number of carbonyl (C=O) groups is 1. The van der Waals surface area contributed by atoms with Gasteiger partial charge in [0.05, 0.1) is 14.2 Å². The van der Waals surface area contributed by atoms with Crippen molar-refractivity contribution in [2.45, 2.75) is 18.7 Å². The third kappa shape index (κ3) is 3.90. The Morgan fingerprint density at radius 3 is 2.81 bits per heavy atom. The van der Waals surface area contributed by atoms with Gasteiger partial charge in [0.25, 0.3) is 0 Å². The predicted molar refractivity (Wildman–Crippen MR) is 106 cm³/mol. The van der Waals surface area contributed by atoms with Gasteiger partial charge in [0.1, 0.15) is 16.9 Å². The monoisotopic (exact) mass is 372 g/mol. The van der Waals surface area contributed by atoms with Crippen LogP contribution >= 0.6 is 11.8 Å². The summed E-state index contributed by atoms with van der Waals surface area (Å²) >= 11 is 1.73. The third-order valence-electron chi connectivity index (χ3n) is 4.44. The van der Waals surface area contributed by atoms with Crippen molar-refractivity contribution in [2.75, 3.05) is 31.8 Å². The summed E-state index contributed by atoms with van der Waals surface area (Å²) in [6.07, 6.45) is 0.937. The first-order valence-corrected chi connectivity index (χ1v) is 9.71. The lowest BCUT2D eigenvalue weighted by Crippen LogP contribution is -2.34. The molecule has 0 spiro atoms. The summed E-state index contributed by atoms with van der Waals surface area (Å²) in [5, 5.41) is 2.92. The molecular formula is C20H24N2O3S. The minimum absolute atomic E-state index is 0.0990. The third-order valence-corrected chi connectivity index (χ3v) is 5.68. The molecule has 1 atom stereocenters. The van der Waals surface area contributed by atoms with Crippen molar-refractivity contribution >= 4 is 23.5 Å². The number of rotatable bonds is 5. The number of nitrogens with zero attached hydrogens (tertiary/aromatic N) is 1. The number of urea groups is 1. The number of aryl methyl sites for hydroxylation is 1. The highest BCUT2D eigenvalue weighted by Crippen LogP contribution is 2.43. The molecule has 2 aromatic rings. The van der Waals surface area contributed by atoms with Crippen LogP contribution in [0.15, 0.2) is 42.5 Å². The highest BCUT2D eigenvalue weighted by Gasteiger charge is 2.33. The SMILES string of the molecule is CCc1cccc(NC(=O)N2CCS[C@@H]2c2cc(OC)ccc2OC)c1. The second kappa shape index (κ2) is 8.36. The van der Waals surface area contributed by atoms with Gasteiger partial charge in [-0.15, -0.1) is 11.8 Å². The lowest BCUT2D eigenvalue weighted by Gasteiger charge is -2.26. The van der Waals surface area contributed by atoms with Gasteiger partial charge >= 0.3 is 6.03 Å². The molecule has 2 amide bonds. The van der Waals surface area contributed by atoms with Crippen LogP contribution in [-0.4, -0.2) is 37.4 Å². The van der Waals surface area contributed by atoms with Crippen LogP contribution in [0.3, 0.4) is 0 Å². The Labute approximate surface area is 158 Å². The number of methoxy groups -OCH3 is 2. The van der Waals surface area contributed by atoms with Crippen molar-refractivity contribution in [3.8, 4) is 11.5 Å². The normalized spacial score (nSPS) is 16.4. The molecule has 138 valence electrons. The number of hydrogen-bond donors (Lipinski definition) is 1. The summed E-state index contributed by atoms with van der Waals surface area (Å²) in [5.41, 5.74) is 2.97. The number of nitrogens with one attached hydrogen (secondary N) is 1.